The summed E-state index contributed by atoms with van der Waals surface area (Å²) in [5, 5.41) is 156. The molecule has 7 heterocycles. The molecular formula is C97H138N12O35. The third kappa shape index (κ3) is 29.0. The lowest BCUT2D eigenvalue weighted by atomic mass is 9.73. The number of Topliss-reactive ketones (excluding diaryl/α,β-unsaturated/α-hetero) is 2. The van der Waals surface area contributed by atoms with Crippen LogP contribution in [0.2, 0.25) is 0 Å². The van der Waals surface area contributed by atoms with Gasteiger partial charge in [0.05, 0.1) is 106 Å². The summed E-state index contributed by atoms with van der Waals surface area (Å²) in [5.74, 6) is -4.62. The van der Waals surface area contributed by atoms with E-state index in [9.17, 15) is 95.9 Å². The van der Waals surface area contributed by atoms with Gasteiger partial charge in [-0.15, -0.1) is 0 Å². The number of aliphatic hydroxyl groups is 13. The van der Waals surface area contributed by atoms with E-state index in [0.717, 1.165) is 16.7 Å². The second-order valence-corrected chi connectivity index (χ2v) is 37.8. The van der Waals surface area contributed by atoms with Crippen LogP contribution < -0.4 is 50.4 Å². The Bertz CT molecular complexity index is 4810. The minimum absolute atomic E-state index is 0.000304. The van der Waals surface area contributed by atoms with Gasteiger partial charge < -0.3 is 197 Å². The molecule has 47 nitrogen and oxygen atoms in total. The van der Waals surface area contributed by atoms with Crippen molar-refractivity contribution in [3.63, 3.8) is 0 Å². The molecular weight excluding hydrogens is 1890 g/mol. The summed E-state index contributed by atoms with van der Waals surface area (Å²) >= 11 is 0. The molecule has 7 saturated heterocycles. The predicted octanol–water partition coefficient (Wildman–Crippen LogP) is -2.21. The zero-order valence-corrected chi connectivity index (χ0v) is 79.6. The first-order valence-electron chi connectivity index (χ1n) is 48.5. The molecule has 0 radical (unpaired) electrons. The number of carbonyl (C=O) groups excluding carboxylic acids is 5. The molecule has 28 N–H and O–H groups in total. The number of nitrogens with one attached hydrogen (secondary N) is 3. The van der Waals surface area contributed by atoms with Gasteiger partial charge >= 0.3 is 18.3 Å². The number of benzene rings is 5. The highest BCUT2D eigenvalue weighted by Gasteiger charge is 2.59. The van der Waals surface area contributed by atoms with Crippen LogP contribution in [0.25, 0.3) is 10.4 Å². The zero-order valence-electron chi connectivity index (χ0n) is 79.6. The number of ether oxygens (including phenoxy) is 17. The van der Waals surface area contributed by atoms with Crippen LogP contribution in [0.3, 0.4) is 0 Å². The average molecular weight is 2030 g/mol. The Morgan fingerprint density at radius 1 is 0.465 bits per heavy atom. The second-order valence-electron chi connectivity index (χ2n) is 37.8. The maximum Gasteiger partial charge on any atom is 0.407 e. The summed E-state index contributed by atoms with van der Waals surface area (Å²) in [7, 11) is 0. The van der Waals surface area contributed by atoms with Crippen molar-refractivity contribution >= 4 is 29.8 Å². The molecule has 5 aromatic rings. The van der Waals surface area contributed by atoms with Crippen molar-refractivity contribution in [2.45, 2.75) is 318 Å². The molecule has 144 heavy (non-hydrogen) atoms. The Hall–Kier alpha value is -8.76. The highest BCUT2D eigenvalue weighted by atomic mass is 16.8. The molecule has 41 atom stereocenters. The Balaban J connectivity index is 0.000000297. The maximum absolute atomic E-state index is 14.8. The van der Waals surface area contributed by atoms with Crippen molar-refractivity contribution in [3.8, 4) is 0 Å². The van der Waals surface area contributed by atoms with Crippen LogP contribution in [0, 0.1) is 23.7 Å². The molecule has 14 rings (SSSR count). The highest BCUT2D eigenvalue weighted by Crippen LogP contribution is 2.45. The first-order chi connectivity index (χ1) is 69.3. The van der Waals surface area contributed by atoms with E-state index in [2.05, 4.69) is 26.0 Å². The topological polar surface area (TPSA) is 746 Å². The van der Waals surface area contributed by atoms with Gasteiger partial charge in [0.15, 0.2) is 43.5 Å². The van der Waals surface area contributed by atoms with Crippen LogP contribution >= 0.6 is 0 Å². The summed E-state index contributed by atoms with van der Waals surface area (Å²) in [5.41, 5.74) is 48.5. The average Bonchev–Trinajstić information content (AvgIpc) is 1.02. The predicted molar refractivity (Wildman–Crippen MR) is 500 cm³/mol. The van der Waals surface area contributed by atoms with E-state index >= 15 is 0 Å². The summed E-state index contributed by atoms with van der Waals surface area (Å²) in [4.78, 5) is 70.8. The molecule has 9 fully saturated rings. The SMILES string of the molecule is C[C@H](C(=O)C[C@@H]1C[C@H](C)[C@@H](O[C@H]2O[C@H](CN=[N+]=[N-])C[C@@H](O)[C@H]2NC(=O)OCc2ccccc2)[C@H](O[C@@H]2O[C@H](CO)[C@@H](O[C@H]3O[C@H]4CCC(c5ccccc5)O[C@H]4[C@H](O)[C@H]3NC(=O)OCc3ccccc3)[C@H]2O)[C@H]1O)[C@@H](CNC(=O)OCc1ccccc1)OCc1ccccc1.NC[C@@H]1C[C@@H](O)[C@@H](N)[C@@H](O[C@H]2[C@H](O[C@@H]3O[C@H](CO)[C@@H](O[C@H]4O[C@@H](CN)[C@@H](O)[C@H](O)[C@H]4N)[C@H]3O)[C@@H](O)[C@H](CC(=O)[C@@H](O)[C@H](O)CN)C[C@@H]2N)O1. The normalized spacial score (nSPS) is 36.7. The number of aliphatic hydroxyl groups excluding tert-OH is 13. The Labute approximate surface area is 830 Å². The number of hydrogen-bond acceptors (Lipinski definition) is 42. The minimum atomic E-state index is -1.83. The largest absolute Gasteiger partial charge is 0.445 e. The number of carbonyl (C=O) groups is 5. The quantitative estimate of drug-likeness (QED) is 0.00854. The Morgan fingerprint density at radius 3 is 1.47 bits per heavy atom. The lowest BCUT2D eigenvalue weighted by molar-refractivity contribution is -0.311. The number of alkyl carbamates (subject to hydrolysis) is 3. The number of fused-ring (bicyclic) bond motifs is 1. The Kier molecular flexibility index (Phi) is 42.1. The maximum atomic E-state index is 14.8. The summed E-state index contributed by atoms with van der Waals surface area (Å²) in [6.07, 6.45) is -45.4. The van der Waals surface area contributed by atoms with Crippen LogP contribution in [-0.2, 0) is 117 Å². The fourth-order valence-corrected chi connectivity index (χ4v) is 19.5. The summed E-state index contributed by atoms with van der Waals surface area (Å²) < 4.78 is 104. The molecule has 5 aromatic carbocycles. The lowest BCUT2D eigenvalue weighted by Crippen LogP contribution is -2.66. The van der Waals surface area contributed by atoms with Gasteiger partial charge in [0, 0.05) is 68.7 Å². The van der Waals surface area contributed by atoms with Crippen molar-refractivity contribution in [3.05, 3.63) is 190 Å². The van der Waals surface area contributed by atoms with Gasteiger partial charge in [-0.3, -0.25) is 9.59 Å². The van der Waals surface area contributed by atoms with E-state index in [-0.39, 0.29) is 90.5 Å². The van der Waals surface area contributed by atoms with Crippen molar-refractivity contribution in [2.24, 2.45) is 63.2 Å². The van der Waals surface area contributed by atoms with E-state index < -0.39 is 301 Å². The number of nitrogens with two attached hydrogens (primary N) is 6. The Morgan fingerprint density at radius 2 is 0.931 bits per heavy atom. The van der Waals surface area contributed by atoms with Crippen molar-refractivity contribution < 1.29 is 171 Å². The molecule has 1 unspecified atom stereocenters. The molecule has 0 bridgehead atoms. The molecule has 2 saturated carbocycles. The summed E-state index contributed by atoms with van der Waals surface area (Å²) in [6.45, 7) is 0.850. The first kappa shape index (κ1) is 112. The zero-order chi connectivity index (χ0) is 103. The van der Waals surface area contributed by atoms with Crippen molar-refractivity contribution in [1.82, 2.24) is 16.0 Å². The van der Waals surface area contributed by atoms with E-state index in [1.165, 1.54) is 0 Å². The van der Waals surface area contributed by atoms with Gasteiger partial charge in [0.25, 0.3) is 0 Å². The highest BCUT2D eigenvalue weighted by molar-refractivity contribution is 5.84. The second kappa shape index (κ2) is 53.9. The van der Waals surface area contributed by atoms with Crippen LogP contribution in [0.4, 0.5) is 14.4 Å². The number of nitrogens with zero attached hydrogens (tertiary/aromatic N) is 3. The van der Waals surface area contributed by atoms with Crippen molar-refractivity contribution in [1.29, 1.82) is 0 Å². The molecule has 2 aliphatic carbocycles. The van der Waals surface area contributed by atoms with E-state index in [1.807, 2.05) is 103 Å². The molecule has 47 heteroatoms. The molecule has 3 amide bonds. The van der Waals surface area contributed by atoms with Crippen LogP contribution in [0.5, 0.6) is 0 Å². The van der Waals surface area contributed by atoms with Gasteiger partial charge in [-0.1, -0.05) is 171 Å². The molecule has 9 aliphatic rings. The third-order valence-corrected chi connectivity index (χ3v) is 27.7. The van der Waals surface area contributed by atoms with E-state index in [1.54, 1.807) is 62.4 Å². The van der Waals surface area contributed by atoms with Crippen LogP contribution in [0.1, 0.15) is 99.1 Å². The van der Waals surface area contributed by atoms with E-state index in [4.69, 9.17) is 115 Å². The molecule has 796 valence electrons. The monoisotopic (exact) mass is 2030 g/mol. The number of rotatable bonds is 41. The number of ketones is 2. The molecule has 7 aliphatic heterocycles. The molecule has 0 spiro atoms. The summed E-state index contributed by atoms with van der Waals surface area (Å²) in [6, 6.07) is 39.6. The van der Waals surface area contributed by atoms with Crippen LogP contribution in [0.15, 0.2) is 157 Å². The first-order valence-corrected chi connectivity index (χ1v) is 48.5. The lowest BCUT2D eigenvalue weighted by Gasteiger charge is -2.48. The van der Waals surface area contributed by atoms with Gasteiger partial charge in [0.1, 0.15) is 129 Å². The van der Waals surface area contributed by atoms with Crippen LogP contribution in [-0.4, -0.2) is 363 Å². The van der Waals surface area contributed by atoms with Crippen molar-refractivity contribution in [2.75, 3.05) is 45.9 Å². The minimum Gasteiger partial charge on any atom is -0.445 e. The van der Waals surface area contributed by atoms with Gasteiger partial charge in [-0.05, 0) is 76.8 Å². The molecule has 0 aromatic heterocycles. The smallest absolute Gasteiger partial charge is 0.407 e. The van der Waals surface area contributed by atoms with Gasteiger partial charge in [-0.2, -0.15) is 0 Å². The number of amides is 3. The number of hydrogen-bond donors (Lipinski definition) is 22. The van der Waals surface area contributed by atoms with Gasteiger partial charge in [-0.25, -0.2) is 14.4 Å². The number of azide groups is 1. The van der Waals surface area contributed by atoms with Gasteiger partial charge in [0.2, 0.25) is 0 Å². The standard InChI is InChI=1S/C69H84N6O20.C28H54N6O15/c1-40-30-47(31-49(77)41(2)53(85-36-42-18-8-3-9-19-42)34-71-67(82)86-37-43-20-10-4-11-21-43)57(79)63(60(40)93-64-55(50(78)32-48(89-64)33-72-75-70)73-68(83)87-38-44-22-12-5-13-23-44)95-66-59(81)62(54(35-76)92-66)94-65-56(74-69(84)88-39-45-24-14-6-15-25-45)58(80)61-52(91-65)29-28-51(90-61)46-26-16-7-17-27-46;29-4-9-3-11(36)16(33)26(44-9)47-23-10(32)1-8(2-12(37)19(40)13(38)5-30)18(39)25(23)49-28-22(43)24(15(7-35)46-28)48-27-17(34)21(42)20(41)14(6-31)45-27/h3-27,40-41,47-48,50-66,76,78-81H,28-39H2,1-2H3,(H,71,82)(H,73,83)(H,74,84);8-11,13-28,35-36,38-43H,1-7,29-34H2/t40-,41+,47-,48-,50+,51?,52-,53+,54+,55+,56+,57-,58+,59+,60+,61+,62+,63+,64+,65+,66-;8-,9-,10-,11+,13+,14-,15+,16+,17+,18-,19+,20+,21+,22+,23+,24+,25+,26+,27+,28-/m00/s1. The third-order valence-electron chi connectivity index (χ3n) is 27.7. The fraction of sp³-hybridized carbons (Fsp3) is 0.639. The van der Waals surface area contributed by atoms with E-state index in [0.29, 0.717) is 24.0 Å². The fourth-order valence-electron chi connectivity index (χ4n) is 19.5.